The third-order valence-electron chi connectivity index (χ3n) is 4.73. The molecule has 0 unspecified atom stereocenters. The number of ether oxygens (including phenoxy) is 2. The first kappa shape index (κ1) is 20.6. The van der Waals surface area contributed by atoms with Crippen molar-refractivity contribution in [3.05, 3.63) is 47.7 Å². The van der Waals surface area contributed by atoms with Gasteiger partial charge in [-0.2, -0.15) is 0 Å². The molecule has 7 heteroatoms. The first-order chi connectivity index (χ1) is 13.9. The van der Waals surface area contributed by atoms with Crippen LogP contribution >= 0.6 is 0 Å². The van der Waals surface area contributed by atoms with Gasteiger partial charge in [-0.3, -0.25) is 4.79 Å². The van der Waals surface area contributed by atoms with Crippen LogP contribution in [0.2, 0.25) is 0 Å². The summed E-state index contributed by atoms with van der Waals surface area (Å²) in [6.45, 7) is 4.46. The number of pyridine rings is 1. The van der Waals surface area contributed by atoms with Gasteiger partial charge in [0.1, 0.15) is 17.3 Å². The number of nitrogens with zero attached hydrogens (tertiary/aromatic N) is 1. The van der Waals surface area contributed by atoms with Crippen LogP contribution in [-0.2, 0) is 0 Å². The standard InChI is InChI=1S/C22H26N2O5/c1-14(2)29-19-10-17(9-18(11-19)28-13-15-5-3-4-6-15)21(25)24-20-8-7-16(12-23-20)22(26)27/h7-12,14-15H,3-6,13H2,1-2H3,(H,26,27)(H,23,24,25). The molecule has 1 aliphatic rings. The molecule has 2 aromatic rings. The van der Waals surface area contributed by atoms with Gasteiger partial charge >= 0.3 is 5.97 Å². The van der Waals surface area contributed by atoms with E-state index in [4.69, 9.17) is 14.6 Å². The Bertz CT molecular complexity index is 858. The van der Waals surface area contributed by atoms with E-state index in [0.717, 1.165) is 0 Å². The number of carbonyl (C=O) groups is 2. The Kier molecular flexibility index (Phi) is 6.69. The summed E-state index contributed by atoms with van der Waals surface area (Å²) < 4.78 is 11.7. The smallest absolute Gasteiger partial charge is 0.337 e. The fourth-order valence-corrected chi connectivity index (χ4v) is 3.30. The third-order valence-corrected chi connectivity index (χ3v) is 4.73. The van der Waals surface area contributed by atoms with Crippen LogP contribution in [0.25, 0.3) is 0 Å². The van der Waals surface area contributed by atoms with Crippen molar-refractivity contribution in [2.45, 2.75) is 45.6 Å². The quantitative estimate of drug-likeness (QED) is 0.684. The van der Waals surface area contributed by atoms with E-state index in [-0.39, 0.29) is 23.4 Å². The zero-order chi connectivity index (χ0) is 20.8. The molecule has 2 N–H and O–H groups in total. The number of aromatic nitrogens is 1. The zero-order valence-electron chi connectivity index (χ0n) is 16.7. The number of carbonyl (C=O) groups excluding carboxylic acids is 1. The third kappa shape index (κ3) is 5.94. The molecule has 0 radical (unpaired) electrons. The predicted molar refractivity (Wildman–Crippen MR) is 109 cm³/mol. The molecule has 1 aromatic carbocycles. The van der Waals surface area contributed by atoms with E-state index >= 15 is 0 Å². The van der Waals surface area contributed by atoms with Gasteiger partial charge in [-0.15, -0.1) is 0 Å². The van der Waals surface area contributed by atoms with E-state index in [2.05, 4.69) is 10.3 Å². The maximum atomic E-state index is 12.7. The molecule has 3 rings (SSSR count). The molecule has 0 aliphatic heterocycles. The SMILES string of the molecule is CC(C)Oc1cc(OCC2CCCC2)cc(C(=O)Nc2ccc(C(=O)O)cn2)c1. The van der Waals surface area contributed by atoms with Gasteiger partial charge in [0.2, 0.25) is 0 Å². The van der Waals surface area contributed by atoms with Crippen LogP contribution < -0.4 is 14.8 Å². The molecule has 29 heavy (non-hydrogen) atoms. The van der Waals surface area contributed by atoms with Crippen LogP contribution in [-0.4, -0.2) is 34.7 Å². The van der Waals surface area contributed by atoms with E-state index in [1.54, 1.807) is 18.2 Å². The molecule has 154 valence electrons. The fourth-order valence-electron chi connectivity index (χ4n) is 3.30. The second-order valence-electron chi connectivity index (χ2n) is 7.51. The molecule has 0 spiro atoms. The van der Waals surface area contributed by atoms with E-state index in [9.17, 15) is 9.59 Å². The molecular weight excluding hydrogens is 372 g/mol. The number of nitrogens with one attached hydrogen (secondary N) is 1. The summed E-state index contributed by atoms with van der Waals surface area (Å²) in [5.41, 5.74) is 0.437. The van der Waals surface area contributed by atoms with Crippen molar-refractivity contribution < 1.29 is 24.2 Å². The van der Waals surface area contributed by atoms with Gasteiger partial charge in [0.15, 0.2) is 0 Å². The number of hydrogen-bond donors (Lipinski definition) is 2. The maximum Gasteiger partial charge on any atom is 0.337 e. The number of rotatable bonds is 8. The topological polar surface area (TPSA) is 97.8 Å². The number of carboxylic acid groups (broad SMARTS) is 1. The molecule has 1 fully saturated rings. The summed E-state index contributed by atoms with van der Waals surface area (Å²) >= 11 is 0. The minimum Gasteiger partial charge on any atom is -0.493 e. The van der Waals surface area contributed by atoms with Crippen LogP contribution in [0, 0.1) is 5.92 Å². The lowest BCUT2D eigenvalue weighted by Crippen LogP contribution is -2.15. The molecule has 1 aromatic heterocycles. The molecule has 1 amide bonds. The lowest BCUT2D eigenvalue weighted by atomic mass is 10.1. The first-order valence-corrected chi connectivity index (χ1v) is 9.86. The summed E-state index contributed by atoms with van der Waals surface area (Å²) in [6.07, 6.45) is 5.99. The van der Waals surface area contributed by atoms with Crippen molar-refractivity contribution in [2.24, 2.45) is 5.92 Å². The summed E-state index contributed by atoms with van der Waals surface area (Å²) in [5.74, 6) is 0.526. The highest BCUT2D eigenvalue weighted by Crippen LogP contribution is 2.28. The minimum absolute atomic E-state index is 0.0405. The minimum atomic E-state index is -1.07. The van der Waals surface area contributed by atoms with Crippen molar-refractivity contribution in [1.29, 1.82) is 0 Å². The highest BCUT2D eigenvalue weighted by molar-refractivity contribution is 6.04. The van der Waals surface area contributed by atoms with Crippen molar-refractivity contribution in [2.75, 3.05) is 11.9 Å². The zero-order valence-corrected chi connectivity index (χ0v) is 16.7. The normalized spacial score (nSPS) is 14.0. The van der Waals surface area contributed by atoms with Gasteiger partial charge < -0.3 is 19.9 Å². The summed E-state index contributed by atoms with van der Waals surface area (Å²) in [7, 11) is 0. The first-order valence-electron chi connectivity index (χ1n) is 9.86. The number of aromatic carboxylic acids is 1. The molecule has 1 saturated carbocycles. The Hall–Kier alpha value is -3.09. The van der Waals surface area contributed by atoms with E-state index in [1.807, 2.05) is 13.8 Å². The Balaban J connectivity index is 1.74. The Morgan fingerprint density at radius 2 is 1.86 bits per heavy atom. The van der Waals surface area contributed by atoms with Crippen molar-refractivity contribution in [3.63, 3.8) is 0 Å². The maximum absolute atomic E-state index is 12.7. The van der Waals surface area contributed by atoms with Gasteiger partial charge in [0, 0.05) is 17.8 Å². The number of amides is 1. The Morgan fingerprint density at radius 1 is 1.14 bits per heavy atom. The van der Waals surface area contributed by atoms with Gasteiger partial charge in [0.25, 0.3) is 5.91 Å². The van der Waals surface area contributed by atoms with Crippen LogP contribution in [0.4, 0.5) is 5.82 Å². The molecule has 0 saturated heterocycles. The van der Waals surface area contributed by atoms with Crippen LogP contribution in [0.3, 0.4) is 0 Å². The van der Waals surface area contributed by atoms with Gasteiger partial charge in [-0.1, -0.05) is 12.8 Å². The number of carboxylic acids is 1. The highest BCUT2D eigenvalue weighted by atomic mass is 16.5. The lowest BCUT2D eigenvalue weighted by molar-refractivity contribution is 0.0696. The van der Waals surface area contributed by atoms with Gasteiger partial charge in [0.05, 0.1) is 18.3 Å². The van der Waals surface area contributed by atoms with E-state index in [0.29, 0.717) is 29.6 Å². The number of benzene rings is 1. The molecule has 1 aliphatic carbocycles. The Labute approximate surface area is 170 Å². The van der Waals surface area contributed by atoms with E-state index < -0.39 is 5.97 Å². The highest BCUT2D eigenvalue weighted by Gasteiger charge is 2.17. The second kappa shape index (κ2) is 9.41. The van der Waals surface area contributed by atoms with Crippen molar-refractivity contribution in [3.8, 4) is 11.5 Å². The average molecular weight is 398 g/mol. The molecule has 1 heterocycles. The predicted octanol–water partition coefficient (Wildman–Crippen LogP) is 4.39. The van der Waals surface area contributed by atoms with E-state index in [1.165, 1.54) is 44.0 Å². The Morgan fingerprint density at radius 3 is 2.48 bits per heavy atom. The van der Waals surface area contributed by atoms with Crippen molar-refractivity contribution in [1.82, 2.24) is 4.98 Å². The molecule has 7 nitrogen and oxygen atoms in total. The van der Waals surface area contributed by atoms with Crippen LogP contribution in [0.5, 0.6) is 11.5 Å². The largest absolute Gasteiger partial charge is 0.493 e. The summed E-state index contributed by atoms with van der Waals surface area (Å²) in [6, 6.07) is 7.98. The fraction of sp³-hybridized carbons (Fsp3) is 0.409. The average Bonchev–Trinajstić information content (AvgIpc) is 3.20. The van der Waals surface area contributed by atoms with Crippen molar-refractivity contribution >= 4 is 17.7 Å². The summed E-state index contributed by atoms with van der Waals surface area (Å²) in [4.78, 5) is 27.6. The molecule has 0 atom stereocenters. The second-order valence-corrected chi connectivity index (χ2v) is 7.51. The lowest BCUT2D eigenvalue weighted by Gasteiger charge is -2.16. The van der Waals surface area contributed by atoms with Gasteiger partial charge in [-0.25, -0.2) is 9.78 Å². The number of anilines is 1. The molecular formula is C22H26N2O5. The summed E-state index contributed by atoms with van der Waals surface area (Å²) in [5, 5.41) is 11.6. The number of hydrogen-bond acceptors (Lipinski definition) is 5. The monoisotopic (exact) mass is 398 g/mol. The van der Waals surface area contributed by atoms with Crippen LogP contribution in [0.1, 0.15) is 60.2 Å². The molecule has 0 bridgehead atoms. The van der Waals surface area contributed by atoms with Crippen LogP contribution in [0.15, 0.2) is 36.5 Å². The van der Waals surface area contributed by atoms with Gasteiger partial charge in [-0.05, 0) is 56.9 Å².